The Morgan fingerprint density at radius 2 is 0.929 bits per heavy atom. The fourth-order valence-corrected chi connectivity index (χ4v) is 3.85. The summed E-state index contributed by atoms with van der Waals surface area (Å²) in [6.45, 7) is 8.40. The number of unbranched alkanes of at least 4 members (excludes halogenated alkanes) is 11. The van der Waals surface area contributed by atoms with Gasteiger partial charge in [0.05, 0.1) is 13.2 Å². The Kier molecular flexibility index (Phi) is 17.3. The van der Waals surface area contributed by atoms with Gasteiger partial charge < -0.3 is 9.47 Å². The van der Waals surface area contributed by atoms with Gasteiger partial charge in [0, 0.05) is 0 Å². The lowest BCUT2D eigenvalue weighted by Crippen LogP contribution is -2.42. The van der Waals surface area contributed by atoms with Crippen molar-refractivity contribution in [3.05, 3.63) is 0 Å². The third kappa shape index (κ3) is 11.1. The Hall–Kier alpha value is -1.06. The molecule has 0 aromatic rings. The lowest BCUT2D eigenvalue weighted by Gasteiger charge is -2.28. The van der Waals surface area contributed by atoms with Gasteiger partial charge in [-0.3, -0.25) is 9.59 Å². The molecule has 4 heteroatoms. The molecule has 0 aromatic heterocycles. The molecule has 0 spiro atoms. The first kappa shape index (κ1) is 26.9. The third-order valence-corrected chi connectivity index (χ3v) is 5.47. The highest BCUT2D eigenvalue weighted by Gasteiger charge is 2.47. The molecule has 0 atom stereocenters. The lowest BCUT2D eigenvalue weighted by molar-refractivity contribution is -0.173. The summed E-state index contributed by atoms with van der Waals surface area (Å²) >= 11 is 0. The van der Waals surface area contributed by atoms with Crippen LogP contribution < -0.4 is 0 Å². The SMILES string of the molecule is CCCCCCCCCCCCCCC(CCC)(C(=O)OCC)C(=O)OCC. The van der Waals surface area contributed by atoms with Crippen LogP contribution in [0.2, 0.25) is 0 Å². The molecule has 0 amide bonds. The highest BCUT2D eigenvalue weighted by molar-refractivity contribution is 6.00. The molecule has 0 radical (unpaired) electrons. The molecule has 0 aliphatic rings. The highest BCUT2D eigenvalue weighted by atomic mass is 16.6. The van der Waals surface area contributed by atoms with E-state index in [0.29, 0.717) is 26.1 Å². The number of ether oxygens (including phenoxy) is 2. The van der Waals surface area contributed by atoms with Crippen LogP contribution in [0.4, 0.5) is 0 Å². The number of hydrogen-bond acceptors (Lipinski definition) is 4. The number of rotatable bonds is 19. The minimum atomic E-state index is -1.11. The maximum atomic E-state index is 12.6. The molecular formula is C24H46O4. The second-order valence-corrected chi connectivity index (χ2v) is 7.91. The van der Waals surface area contributed by atoms with Gasteiger partial charge in [0.1, 0.15) is 0 Å². The van der Waals surface area contributed by atoms with Crippen molar-refractivity contribution in [3.8, 4) is 0 Å². The standard InChI is InChI=1S/C24H46O4/c1-5-9-10-11-12-13-14-15-16-17-18-19-21-24(20-6-2,22(25)27-7-3)23(26)28-8-4/h5-21H2,1-4H3. The van der Waals surface area contributed by atoms with E-state index in [1.807, 2.05) is 6.92 Å². The molecule has 4 nitrogen and oxygen atoms in total. The highest BCUT2D eigenvalue weighted by Crippen LogP contribution is 2.34. The monoisotopic (exact) mass is 398 g/mol. The molecule has 0 heterocycles. The van der Waals surface area contributed by atoms with E-state index in [4.69, 9.17) is 9.47 Å². The Bertz CT molecular complexity index is 374. The van der Waals surface area contributed by atoms with Crippen LogP contribution in [0.1, 0.15) is 124 Å². The number of esters is 2. The zero-order valence-corrected chi connectivity index (χ0v) is 19.2. The van der Waals surface area contributed by atoms with Gasteiger partial charge in [0.15, 0.2) is 5.41 Å². The van der Waals surface area contributed by atoms with Crippen molar-refractivity contribution in [3.63, 3.8) is 0 Å². The molecule has 0 rings (SSSR count). The zero-order valence-electron chi connectivity index (χ0n) is 19.2. The summed E-state index contributed by atoms with van der Waals surface area (Å²) in [6, 6.07) is 0. The molecular weight excluding hydrogens is 352 g/mol. The van der Waals surface area contributed by atoms with E-state index in [-0.39, 0.29) is 0 Å². The molecule has 0 unspecified atom stereocenters. The largest absolute Gasteiger partial charge is 0.465 e. The molecule has 166 valence electrons. The van der Waals surface area contributed by atoms with Crippen LogP contribution in [0.15, 0.2) is 0 Å². The molecule has 0 aromatic carbocycles. The first-order valence-electron chi connectivity index (χ1n) is 11.9. The molecule has 0 aliphatic carbocycles. The Morgan fingerprint density at radius 1 is 0.536 bits per heavy atom. The van der Waals surface area contributed by atoms with Crippen LogP contribution in [0.5, 0.6) is 0 Å². The lowest BCUT2D eigenvalue weighted by atomic mass is 9.78. The van der Waals surface area contributed by atoms with Crippen molar-refractivity contribution in [2.75, 3.05) is 13.2 Å². The van der Waals surface area contributed by atoms with Crippen LogP contribution in [0.3, 0.4) is 0 Å². The average Bonchev–Trinajstić information content (AvgIpc) is 2.68. The van der Waals surface area contributed by atoms with Gasteiger partial charge in [-0.05, 0) is 26.7 Å². The van der Waals surface area contributed by atoms with Crippen molar-refractivity contribution in [1.29, 1.82) is 0 Å². The third-order valence-electron chi connectivity index (χ3n) is 5.47. The van der Waals surface area contributed by atoms with E-state index in [0.717, 1.165) is 19.3 Å². The average molecular weight is 399 g/mol. The normalized spacial score (nSPS) is 11.4. The van der Waals surface area contributed by atoms with Crippen LogP contribution >= 0.6 is 0 Å². The number of hydrogen-bond donors (Lipinski definition) is 0. The fourth-order valence-electron chi connectivity index (χ4n) is 3.85. The number of carbonyl (C=O) groups excluding carboxylic acids is 2. The summed E-state index contributed by atoms with van der Waals surface area (Å²) in [4.78, 5) is 25.2. The van der Waals surface area contributed by atoms with Gasteiger partial charge in [0.25, 0.3) is 0 Å². The topological polar surface area (TPSA) is 52.6 Å². The Morgan fingerprint density at radius 3 is 1.29 bits per heavy atom. The van der Waals surface area contributed by atoms with Crippen LogP contribution in [-0.2, 0) is 19.1 Å². The van der Waals surface area contributed by atoms with Gasteiger partial charge in [-0.1, -0.05) is 97.3 Å². The summed E-state index contributed by atoms with van der Waals surface area (Å²) in [5.41, 5.74) is -1.11. The van der Waals surface area contributed by atoms with E-state index in [1.54, 1.807) is 13.8 Å². The minimum absolute atomic E-state index is 0.294. The van der Waals surface area contributed by atoms with Crippen LogP contribution in [0, 0.1) is 5.41 Å². The minimum Gasteiger partial charge on any atom is -0.465 e. The van der Waals surface area contributed by atoms with Crippen molar-refractivity contribution in [2.24, 2.45) is 5.41 Å². The molecule has 0 fully saturated rings. The van der Waals surface area contributed by atoms with Crippen molar-refractivity contribution < 1.29 is 19.1 Å². The first-order valence-corrected chi connectivity index (χ1v) is 11.9. The van der Waals surface area contributed by atoms with Crippen LogP contribution in [-0.4, -0.2) is 25.2 Å². The molecule has 0 bridgehead atoms. The summed E-state index contributed by atoms with van der Waals surface area (Å²) in [5.74, 6) is -0.809. The molecule has 0 saturated carbocycles. The van der Waals surface area contributed by atoms with E-state index in [1.165, 1.54) is 64.2 Å². The van der Waals surface area contributed by atoms with E-state index >= 15 is 0 Å². The molecule has 0 saturated heterocycles. The molecule has 28 heavy (non-hydrogen) atoms. The van der Waals surface area contributed by atoms with Crippen molar-refractivity contribution in [1.82, 2.24) is 0 Å². The number of carbonyl (C=O) groups is 2. The summed E-state index contributed by atoms with van der Waals surface area (Å²) < 4.78 is 10.5. The van der Waals surface area contributed by atoms with E-state index < -0.39 is 17.4 Å². The van der Waals surface area contributed by atoms with Crippen molar-refractivity contribution >= 4 is 11.9 Å². The van der Waals surface area contributed by atoms with Gasteiger partial charge in [-0.15, -0.1) is 0 Å². The van der Waals surface area contributed by atoms with Gasteiger partial charge >= 0.3 is 11.9 Å². The quantitative estimate of drug-likeness (QED) is 0.134. The maximum Gasteiger partial charge on any atom is 0.323 e. The zero-order chi connectivity index (χ0) is 21.1. The van der Waals surface area contributed by atoms with Gasteiger partial charge in [-0.2, -0.15) is 0 Å². The molecule has 0 N–H and O–H groups in total. The Labute approximate surface area is 174 Å². The summed E-state index contributed by atoms with van der Waals surface area (Å²) in [7, 11) is 0. The molecule has 0 aliphatic heterocycles. The van der Waals surface area contributed by atoms with E-state index in [9.17, 15) is 9.59 Å². The van der Waals surface area contributed by atoms with Crippen molar-refractivity contribution in [2.45, 2.75) is 124 Å². The maximum absolute atomic E-state index is 12.6. The predicted molar refractivity (Wildman–Crippen MR) is 116 cm³/mol. The van der Waals surface area contributed by atoms with Crippen LogP contribution in [0.25, 0.3) is 0 Å². The van der Waals surface area contributed by atoms with E-state index in [2.05, 4.69) is 6.92 Å². The Balaban J connectivity index is 4.20. The predicted octanol–water partition coefficient (Wildman–Crippen LogP) is 6.99. The van der Waals surface area contributed by atoms with Gasteiger partial charge in [0.2, 0.25) is 0 Å². The first-order chi connectivity index (χ1) is 13.6. The summed E-state index contributed by atoms with van der Waals surface area (Å²) in [6.07, 6.45) is 17.0. The second kappa shape index (κ2) is 18.0. The second-order valence-electron chi connectivity index (χ2n) is 7.91. The fraction of sp³-hybridized carbons (Fsp3) is 0.917. The summed E-state index contributed by atoms with van der Waals surface area (Å²) in [5, 5.41) is 0. The van der Waals surface area contributed by atoms with Gasteiger partial charge in [-0.25, -0.2) is 0 Å². The smallest absolute Gasteiger partial charge is 0.323 e.